The van der Waals surface area contributed by atoms with Gasteiger partial charge in [0.1, 0.15) is 17.3 Å². The fraction of sp³-hybridized carbons (Fsp3) is 0.526. The van der Waals surface area contributed by atoms with E-state index in [4.69, 9.17) is 9.47 Å². The van der Waals surface area contributed by atoms with Crippen LogP contribution in [-0.2, 0) is 4.79 Å². The molecule has 1 aromatic rings. The van der Waals surface area contributed by atoms with Gasteiger partial charge in [0.15, 0.2) is 0 Å². The summed E-state index contributed by atoms with van der Waals surface area (Å²) in [7, 11) is 1.63. The molecule has 0 aromatic heterocycles. The first kappa shape index (κ1) is 18.2. The van der Waals surface area contributed by atoms with E-state index < -0.39 is 0 Å². The number of aryl methyl sites for hydroxylation is 1. The molecule has 1 fully saturated rings. The molecule has 0 spiro atoms. The summed E-state index contributed by atoms with van der Waals surface area (Å²) in [6.07, 6.45) is 4.16. The van der Waals surface area contributed by atoms with Crippen LogP contribution >= 0.6 is 0 Å². The second kappa shape index (κ2) is 8.62. The van der Waals surface area contributed by atoms with Gasteiger partial charge in [-0.3, -0.25) is 4.79 Å². The van der Waals surface area contributed by atoms with Crippen molar-refractivity contribution in [3.05, 3.63) is 23.3 Å². The number of methoxy groups -OCH3 is 1. The Morgan fingerprint density at radius 3 is 2.62 bits per heavy atom. The van der Waals surface area contributed by atoms with E-state index in [0.29, 0.717) is 31.1 Å². The monoisotopic (exact) mass is 330 g/mol. The van der Waals surface area contributed by atoms with Crippen LogP contribution in [0.4, 0.5) is 0 Å². The minimum atomic E-state index is 0.235. The van der Waals surface area contributed by atoms with Crippen LogP contribution in [0.1, 0.15) is 50.2 Å². The van der Waals surface area contributed by atoms with E-state index in [1.807, 2.05) is 26.0 Å². The Kier molecular flexibility index (Phi) is 6.53. The maximum atomic E-state index is 11.6. The van der Waals surface area contributed by atoms with Crippen LogP contribution in [0.15, 0.2) is 22.3 Å². The zero-order valence-electron chi connectivity index (χ0n) is 14.8. The number of hydrogen-bond acceptors (Lipinski definition) is 5. The molecule has 130 valence electrons. The molecule has 1 aliphatic carbocycles. The number of ether oxygens (including phenoxy) is 2. The van der Waals surface area contributed by atoms with Gasteiger partial charge in [0, 0.05) is 37.1 Å². The van der Waals surface area contributed by atoms with Gasteiger partial charge in [-0.1, -0.05) is 6.92 Å². The molecule has 5 heteroatoms. The molecule has 24 heavy (non-hydrogen) atoms. The smallest absolute Gasteiger partial charge is 0.136 e. The number of hydrogen-bond donors (Lipinski definition) is 0. The van der Waals surface area contributed by atoms with Gasteiger partial charge in [-0.25, -0.2) is 0 Å². The van der Waals surface area contributed by atoms with Crippen molar-refractivity contribution < 1.29 is 14.3 Å². The average molecular weight is 330 g/mol. The maximum absolute atomic E-state index is 11.6. The van der Waals surface area contributed by atoms with Crippen molar-refractivity contribution in [3.63, 3.8) is 0 Å². The lowest BCUT2D eigenvalue weighted by Crippen LogP contribution is -2.09. The lowest BCUT2D eigenvalue weighted by atomic mass is 10.0. The molecular formula is C19H26N2O3. The molecule has 0 heterocycles. The Labute approximate surface area is 143 Å². The first-order valence-electron chi connectivity index (χ1n) is 8.47. The second-order valence-corrected chi connectivity index (χ2v) is 6.11. The van der Waals surface area contributed by atoms with Crippen molar-refractivity contribution in [1.82, 2.24) is 0 Å². The molecule has 0 bridgehead atoms. The molecule has 0 atom stereocenters. The van der Waals surface area contributed by atoms with E-state index in [2.05, 4.69) is 16.9 Å². The van der Waals surface area contributed by atoms with Gasteiger partial charge < -0.3 is 9.47 Å². The van der Waals surface area contributed by atoms with Crippen LogP contribution in [0.5, 0.6) is 11.5 Å². The average Bonchev–Trinajstić information content (AvgIpc) is 3.39. The van der Waals surface area contributed by atoms with Gasteiger partial charge in [0.25, 0.3) is 0 Å². The lowest BCUT2D eigenvalue weighted by molar-refractivity contribution is -0.119. The van der Waals surface area contributed by atoms with Gasteiger partial charge in [0.05, 0.1) is 19.4 Å². The molecule has 0 radical (unpaired) electrons. The van der Waals surface area contributed by atoms with Crippen molar-refractivity contribution in [1.29, 1.82) is 0 Å². The molecule has 5 nitrogen and oxygen atoms in total. The highest BCUT2D eigenvalue weighted by Crippen LogP contribution is 2.38. The third-order valence-corrected chi connectivity index (χ3v) is 4.08. The van der Waals surface area contributed by atoms with E-state index in [1.54, 1.807) is 7.11 Å². The standard InChI is InChI=1S/C19H26N2O3/c1-5-6-15(22)9-10-24-17-12-18(23-4)16(11-13(17)2)19(21-20-3)14-7-8-14/h11-12,14H,3,5-10H2,1-2,4H3/b21-19+. The molecular weight excluding hydrogens is 304 g/mol. The summed E-state index contributed by atoms with van der Waals surface area (Å²) in [6, 6.07) is 3.89. The van der Waals surface area contributed by atoms with Gasteiger partial charge in [-0.15, -0.1) is 0 Å². The minimum absolute atomic E-state index is 0.235. The van der Waals surface area contributed by atoms with E-state index >= 15 is 0 Å². The summed E-state index contributed by atoms with van der Waals surface area (Å²) in [5.74, 6) is 2.12. The fourth-order valence-corrected chi connectivity index (χ4v) is 2.66. The highest BCUT2D eigenvalue weighted by Gasteiger charge is 2.31. The molecule has 0 unspecified atom stereocenters. The quantitative estimate of drug-likeness (QED) is 0.482. The Bertz CT molecular complexity index is 634. The predicted molar refractivity (Wildman–Crippen MR) is 96.6 cm³/mol. The van der Waals surface area contributed by atoms with Crippen molar-refractivity contribution in [3.8, 4) is 11.5 Å². The number of ketones is 1. The Morgan fingerprint density at radius 2 is 2.04 bits per heavy atom. The SMILES string of the molecule is C=N/N=C(/c1cc(C)c(OCCC(=O)CCC)cc1OC)C1CC1. The number of carbonyl (C=O) groups excluding carboxylic acids is 1. The third-order valence-electron chi connectivity index (χ3n) is 4.08. The number of rotatable bonds is 10. The van der Waals surface area contributed by atoms with Gasteiger partial charge in [0.2, 0.25) is 0 Å². The lowest BCUT2D eigenvalue weighted by Gasteiger charge is -2.15. The zero-order chi connectivity index (χ0) is 17.5. The third kappa shape index (κ3) is 4.66. The van der Waals surface area contributed by atoms with E-state index in [0.717, 1.165) is 41.9 Å². The first-order valence-corrected chi connectivity index (χ1v) is 8.47. The van der Waals surface area contributed by atoms with Crippen LogP contribution in [0.2, 0.25) is 0 Å². The fourth-order valence-electron chi connectivity index (χ4n) is 2.66. The highest BCUT2D eigenvalue weighted by molar-refractivity contribution is 6.06. The van der Waals surface area contributed by atoms with E-state index in [9.17, 15) is 4.79 Å². The summed E-state index contributed by atoms with van der Waals surface area (Å²) in [5, 5.41) is 7.91. The highest BCUT2D eigenvalue weighted by atomic mass is 16.5. The minimum Gasteiger partial charge on any atom is -0.496 e. The molecule has 2 rings (SSSR count). The maximum Gasteiger partial charge on any atom is 0.136 e. The van der Waals surface area contributed by atoms with Crippen LogP contribution in [0.3, 0.4) is 0 Å². The number of Topliss-reactive ketones (excluding diaryl/α,β-unsaturated/α-hetero) is 1. The Balaban J connectivity index is 2.16. The summed E-state index contributed by atoms with van der Waals surface area (Å²) in [6.45, 7) is 7.85. The number of nitrogens with zero attached hydrogens (tertiary/aromatic N) is 2. The van der Waals surface area contributed by atoms with Gasteiger partial charge in [-0.2, -0.15) is 10.2 Å². The molecule has 1 aliphatic rings. The normalized spacial score (nSPS) is 14.4. The van der Waals surface area contributed by atoms with Crippen molar-refractivity contribution in [2.75, 3.05) is 13.7 Å². The van der Waals surface area contributed by atoms with Crippen LogP contribution in [0, 0.1) is 12.8 Å². The van der Waals surface area contributed by atoms with Crippen molar-refractivity contribution in [2.24, 2.45) is 16.1 Å². The summed E-state index contributed by atoms with van der Waals surface area (Å²) in [5.41, 5.74) is 2.86. The number of carbonyl (C=O) groups is 1. The van der Waals surface area contributed by atoms with E-state index in [1.165, 1.54) is 0 Å². The molecule has 0 aliphatic heterocycles. The van der Waals surface area contributed by atoms with Crippen LogP contribution in [-0.4, -0.2) is 31.9 Å². The number of benzene rings is 1. The Hall–Kier alpha value is -2.17. The van der Waals surface area contributed by atoms with E-state index in [-0.39, 0.29) is 5.78 Å². The summed E-state index contributed by atoms with van der Waals surface area (Å²) < 4.78 is 11.3. The van der Waals surface area contributed by atoms with Gasteiger partial charge >= 0.3 is 0 Å². The van der Waals surface area contributed by atoms with Crippen LogP contribution < -0.4 is 9.47 Å². The molecule has 0 N–H and O–H groups in total. The Morgan fingerprint density at radius 1 is 1.29 bits per heavy atom. The summed E-state index contributed by atoms with van der Waals surface area (Å²) >= 11 is 0. The second-order valence-electron chi connectivity index (χ2n) is 6.11. The van der Waals surface area contributed by atoms with Crippen molar-refractivity contribution >= 4 is 18.2 Å². The molecule has 1 saturated carbocycles. The first-order chi connectivity index (χ1) is 11.6. The molecule has 0 amide bonds. The molecule has 0 saturated heterocycles. The topological polar surface area (TPSA) is 60.2 Å². The van der Waals surface area contributed by atoms with Crippen molar-refractivity contribution in [2.45, 2.75) is 46.0 Å². The largest absolute Gasteiger partial charge is 0.496 e. The van der Waals surface area contributed by atoms with Gasteiger partial charge in [-0.05, 0) is 37.8 Å². The van der Waals surface area contributed by atoms with Crippen LogP contribution in [0.25, 0.3) is 0 Å². The molecule has 1 aromatic carbocycles. The summed E-state index contributed by atoms with van der Waals surface area (Å²) in [4.78, 5) is 11.6. The predicted octanol–water partition coefficient (Wildman–Crippen LogP) is 3.96. The zero-order valence-corrected chi connectivity index (χ0v) is 14.8.